The van der Waals surface area contributed by atoms with E-state index >= 15 is 0 Å². The van der Waals surface area contributed by atoms with Gasteiger partial charge >= 0.3 is 5.97 Å². The third-order valence-electron chi connectivity index (χ3n) is 5.64. The predicted molar refractivity (Wildman–Crippen MR) is 89.6 cm³/mol. The van der Waals surface area contributed by atoms with E-state index < -0.39 is 11.4 Å². The molecule has 2 unspecified atom stereocenters. The summed E-state index contributed by atoms with van der Waals surface area (Å²) in [7, 11) is 0. The van der Waals surface area contributed by atoms with Crippen molar-refractivity contribution < 1.29 is 19.4 Å². The summed E-state index contributed by atoms with van der Waals surface area (Å²) in [5.41, 5.74) is 1.51. The van der Waals surface area contributed by atoms with E-state index in [1.165, 1.54) is 5.56 Å². The molecule has 0 aromatic heterocycles. The molecule has 2 aliphatic rings. The van der Waals surface area contributed by atoms with Crippen LogP contribution in [-0.2, 0) is 20.7 Å². The number of hydrogen-bond donors (Lipinski definition) is 1. The number of carbonyl (C=O) groups is 2. The van der Waals surface area contributed by atoms with Crippen LogP contribution in [0.4, 0.5) is 0 Å². The first-order valence-corrected chi connectivity index (χ1v) is 8.64. The van der Waals surface area contributed by atoms with Crippen molar-refractivity contribution >= 4 is 11.9 Å². The zero-order chi connectivity index (χ0) is 17.3. The Labute approximate surface area is 142 Å². The molecule has 0 spiro atoms. The Morgan fingerprint density at radius 2 is 2.12 bits per heavy atom. The average molecular weight is 331 g/mol. The Balaban J connectivity index is 1.70. The van der Waals surface area contributed by atoms with Gasteiger partial charge in [-0.15, -0.1) is 0 Å². The first kappa shape index (κ1) is 17.0. The van der Waals surface area contributed by atoms with E-state index in [1.54, 1.807) is 4.90 Å². The number of amides is 1. The SMILES string of the molecule is CC(C)C1(C(=O)O)CCN(C(=O)CC2OCCc3ccccc32)C1. The van der Waals surface area contributed by atoms with E-state index in [0.29, 0.717) is 26.1 Å². The molecule has 2 aliphatic heterocycles. The van der Waals surface area contributed by atoms with Crippen LogP contribution in [0.3, 0.4) is 0 Å². The lowest BCUT2D eigenvalue weighted by molar-refractivity contribution is -0.151. The molecular formula is C19H25NO4. The van der Waals surface area contributed by atoms with E-state index in [2.05, 4.69) is 6.07 Å². The smallest absolute Gasteiger partial charge is 0.311 e. The summed E-state index contributed by atoms with van der Waals surface area (Å²) >= 11 is 0. The zero-order valence-electron chi connectivity index (χ0n) is 14.3. The van der Waals surface area contributed by atoms with Gasteiger partial charge in [-0.05, 0) is 29.9 Å². The van der Waals surface area contributed by atoms with E-state index in [0.717, 1.165) is 12.0 Å². The van der Waals surface area contributed by atoms with Gasteiger partial charge in [0, 0.05) is 13.1 Å². The predicted octanol–water partition coefficient (Wildman–Crippen LogP) is 2.65. The lowest BCUT2D eigenvalue weighted by Crippen LogP contribution is -2.41. The highest BCUT2D eigenvalue weighted by Crippen LogP contribution is 2.39. The van der Waals surface area contributed by atoms with E-state index in [4.69, 9.17) is 4.74 Å². The lowest BCUT2D eigenvalue weighted by Gasteiger charge is -2.30. The molecule has 2 atom stereocenters. The number of aliphatic carboxylic acids is 1. The minimum absolute atomic E-state index is 0.000503. The Kier molecular flexibility index (Phi) is 4.63. The van der Waals surface area contributed by atoms with Gasteiger partial charge in [0.1, 0.15) is 0 Å². The molecule has 3 rings (SSSR count). The van der Waals surface area contributed by atoms with Crippen LogP contribution in [0.5, 0.6) is 0 Å². The number of likely N-dealkylation sites (tertiary alicyclic amines) is 1. The van der Waals surface area contributed by atoms with E-state index in [-0.39, 0.29) is 24.3 Å². The Bertz CT molecular complexity index is 642. The largest absolute Gasteiger partial charge is 0.481 e. The summed E-state index contributed by atoms with van der Waals surface area (Å²) in [5.74, 6) is -0.813. The minimum Gasteiger partial charge on any atom is -0.481 e. The summed E-state index contributed by atoms with van der Waals surface area (Å²) in [6.45, 7) is 5.27. The fraction of sp³-hybridized carbons (Fsp3) is 0.579. The van der Waals surface area contributed by atoms with Crippen LogP contribution in [0.1, 0.15) is 43.9 Å². The molecule has 5 heteroatoms. The summed E-state index contributed by atoms with van der Waals surface area (Å²) in [5, 5.41) is 9.62. The van der Waals surface area contributed by atoms with Crippen molar-refractivity contribution in [3.8, 4) is 0 Å². The highest BCUT2D eigenvalue weighted by molar-refractivity contribution is 5.81. The second kappa shape index (κ2) is 6.55. The summed E-state index contributed by atoms with van der Waals surface area (Å²) in [6.07, 6.45) is 1.46. The van der Waals surface area contributed by atoms with Crippen molar-refractivity contribution in [1.82, 2.24) is 4.90 Å². The maximum Gasteiger partial charge on any atom is 0.311 e. The number of rotatable bonds is 4. The monoisotopic (exact) mass is 331 g/mol. The number of benzene rings is 1. The topological polar surface area (TPSA) is 66.8 Å². The van der Waals surface area contributed by atoms with Crippen molar-refractivity contribution in [3.05, 3.63) is 35.4 Å². The van der Waals surface area contributed by atoms with Gasteiger partial charge < -0.3 is 14.7 Å². The molecule has 1 fully saturated rings. The molecule has 24 heavy (non-hydrogen) atoms. The molecule has 0 saturated carbocycles. The fourth-order valence-corrected chi connectivity index (χ4v) is 3.87. The van der Waals surface area contributed by atoms with Crippen LogP contribution < -0.4 is 0 Å². The molecule has 0 aliphatic carbocycles. The van der Waals surface area contributed by atoms with Gasteiger partial charge in [-0.3, -0.25) is 9.59 Å². The molecule has 1 aromatic carbocycles. The summed E-state index contributed by atoms with van der Waals surface area (Å²) in [4.78, 5) is 26.1. The molecule has 130 valence electrons. The maximum atomic E-state index is 12.7. The van der Waals surface area contributed by atoms with Crippen LogP contribution in [0.15, 0.2) is 24.3 Å². The quantitative estimate of drug-likeness (QED) is 0.921. The molecule has 1 N–H and O–H groups in total. The standard InChI is InChI=1S/C19H25NO4/c1-13(2)19(18(22)23)8-9-20(12-19)17(21)11-16-15-6-4-3-5-14(15)7-10-24-16/h3-6,13,16H,7-12H2,1-2H3,(H,22,23). The van der Waals surface area contributed by atoms with E-state index in [9.17, 15) is 14.7 Å². The first-order valence-electron chi connectivity index (χ1n) is 8.64. The number of carboxylic acids is 1. The fourth-order valence-electron chi connectivity index (χ4n) is 3.87. The van der Waals surface area contributed by atoms with Gasteiger partial charge in [0.05, 0.1) is 24.5 Å². The molecule has 2 heterocycles. The molecule has 5 nitrogen and oxygen atoms in total. The Morgan fingerprint density at radius 1 is 1.38 bits per heavy atom. The Hall–Kier alpha value is -1.88. The minimum atomic E-state index is -0.818. The third kappa shape index (κ3) is 2.93. The third-order valence-corrected chi connectivity index (χ3v) is 5.64. The van der Waals surface area contributed by atoms with Crippen LogP contribution in [-0.4, -0.2) is 41.6 Å². The van der Waals surface area contributed by atoms with Crippen LogP contribution >= 0.6 is 0 Å². The van der Waals surface area contributed by atoms with Crippen LogP contribution in [0.2, 0.25) is 0 Å². The molecule has 1 saturated heterocycles. The van der Waals surface area contributed by atoms with Gasteiger partial charge in [-0.2, -0.15) is 0 Å². The van der Waals surface area contributed by atoms with Gasteiger partial charge in [0.2, 0.25) is 5.91 Å². The highest BCUT2D eigenvalue weighted by Gasteiger charge is 2.48. The molecule has 1 aromatic rings. The Morgan fingerprint density at radius 3 is 2.79 bits per heavy atom. The van der Waals surface area contributed by atoms with Crippen LogP contribution in [0, 0.1) is 11.3 Å². The van der Waals surface area contributed by atoms with E-state index in [1.807, 2.05) is 32.0 Å². The molecule has 1 amide bonds. The number of hydrogen-bond acceptors (Lipinski definition) is 3. The summed E-state index contributed by atoms with van der Waals surface area (Å²) < 4.78 is 5.82. The van der Waals surface area contributed by atoms with Crippen molar-refractivity contribution in [2.75, 3.05) is 19.7 Å². The lowest BCUT2D eigenvalue weighted by atomic mass is 9.76. The number of ether oxygens (including phenoxy) is 1. The van der Waals surface area contributed by atoms with Crippen molar-refractivity contribution in [1.29, 1.82) is 0 Å². The molecular weight excluding hydrogens is 306 g/mol. The maximum absolute atomic E-state index is 12.7. The van der Waals surface area contributed by atoms with Gasteiger partial charge in [-0.1, -0.05) is 38.1 Å². The highest BCUT2D eigenvalue weighted by atomic mass is 16.5. The van der Waals surface area contributed by atoms with Crippen LogP contribution in [0.25, 0.3) is 0 Å². The molecule has 0 radical (unpaired) electrons. The van der Waals surface area contributed by atoms with Gasteiger partial charge in [-0.25, -0.2) is 0 Å². The van der Waals surface area contributed by atoms with Crippen molar-refractivity contribution in [3.63, 3.8) is 0 Å². The number of nitrogens with zero attached hydrogens (tertiary/aromatic N) is 1. The zero-order valence-corrected chi connectivity index (χ0v) is 14.3. The second-order valence-corrected chi connectivity index (χ2v) is 7.19. The number of carboxylic acid groups (broad SMARTS) is 1. The summed E-state index contributed by atoms with van der Waals surface area (Å²) in [6, 6.07) is 8.08. The molecule has 0 bridgehead atoms. The first-order chi connectivity index (χ1) is 11.4. The number of fused-ring (bicyclic) bond motifs is 1. The van der Waals surface area contributed by atoms with Gasteiger partial charge in [0.15, 0.2) is 0 Å². The second-order valence-electron chi connectivity index (χ2n) is 7.19. The van der Waals surface area contributed by atoms with Gasteiger partial charge in [0.25, 0.3) is 0 Å². The average Bonchev–Trinajstić information content (AvgIpc) is 3.02. The van der Waals surface area contributed by atoms with Crippen molar-refractivity contribution in [2.45, 2.75) is 39.2 Å². The normalized spacial score (nSPS) is 26.5. The van der Waals surface area contributed by atoms with Crippen molar-refractivity contribution in [2.24, 2.45) is 11.3 Å². The number of carbonyl (C=O) groups excluding carboxylic acids is 1.